The van der Waals surface area contributed by atoms with Crippen LogP contribution in [0.1, 0.15) is 50.0 Å². The maximum Gasteiger partial charge on any atom is 0.534 e. The molecule has 2 fully saturated rings. The summed E-state index contributed by atoms with van der Waals surface area (Å²) in [7, 11) is 0. The summed E-state index contributed by atoms with van der Waals surface area (Å²) in [6.07, 6.45) is 2.60. The minimum Gasteiger partial charge on any atom is -0.429 e. The largest absolute Gasteiger partial charge is 0.534 e. The third-order valence-corrected chi connectivity index (χ3v) is 4.35. The van der Waals surface area contributed by atoms with Crippen molar-refractivity contribution < 1.29 is 24.0 Å². The van der Waals surface area contributed by atoms with E-state index in [4.69, 9.17) is 9.57 Å². The SMILES string of the molecule is O=C(O[C@@H]1CCCC[C@H]1c1ccccc1)ON1C(=O)CCC1=O. The van der Waals surface area contributed by atoms with E-state index in [0.717, 1.165) is 31.2 Å². The number of hydrogen-bond donors (Lipinski definition) is 0. The molecule has 0 aromatic heterocycles. The zero-order valence-corrected chi connectivity index (χ0v) is 12.8. The van der Waals surface area contributed by atoms with Crippen molar-refractivity contribution in [3.63, 3.8) is 0 Å². The quantitative estimate of drug-likeness (QED) is 0.633. The van der Waals surface area contributed by atoms with Crippen LogP contribution in [0.3, 0.4) is 0 Å². The maximum atomic E-state index is 11.9. The van der Waals surface area contributed by atoms with Crippen LogP contribution < -0.4 is 0 Å². The molecule has 1 aliphatic heterocycles. The smallest absolute Gasteiger partial charge is 0.429 e. The van der Waals surface area contributed by atoms with Gasteiger partial charge in [0.15, 0.2) is 0 Å². The van der Waals surface area contributed by atoms with E-state index in [9.17, 15) is 14.4 Å². The van der Waals surface area contributed by atoms with Gasteiger partial charge < -0.3 is 4.74 Å². The van der Waals surface area contributed by atoms with Gasteiger partial charge >= 0.3 is 6.16 Å². The van der Waals surface area contributed by atoms with Crippen LogP contribution in [0.15, 0.2) is 30.3 Å². The molecule has 2 aliphatic rings. The fourth-order valence-electron chi connectivity index (χ4n) is 3.20. The number of benzene rings is 1. The Hall–Kier alpha value is -2.37. The van der Waals surface area contributed by atoms with Gasteiger partial charge in [-0.2, -0.15) is 0 Å². The average molecular weight is 317 g/mol. The molecule has 6 nitrogen and oxygen atoms in total. The molecule has 1 saturated carbocycles. The summed E-state index contributed by atoms with van der Waals surface area (Å²) in [6, 6.07) is 9.90. The summed E-state index contributed by atoms with van der Waals surface area (Å²) >= 11 is 0. The van der Waals surface area contributed by atoms with Gasteiger partial charge in [-0.25, -0.2) is 4.79 Å². The molecule has 2 amide bonds. The summed E-state index contributed by atoms with van der Waals surface area (Å²) in [5.74, 6) is -0.895. The van der Waals surface area contributed by atoms with Gasteiger partial charge in [-0.1, -0.05) is 41.8 Å². The molecule has 1 saturated heterocycles. The van der Waals surface area contributed by atoms with E-state index in [2.05, 4.69) is 0 Å². The lowest BCUT2D eigenvalue weighted by molar-refractivity contribution is -0.179. The van der Waals surface area contributed by atoms with Crippen molar-refractivity contribution >= 4 is 18.0 Å². The monoisotopic (exact) mass is 317 g/mol. The number of carbonyl (C=O) groups excluding carboxylic acids is 3. The summed E-state index contributed by atoms with van der Waals surface area (Å²) in [6.45, 7) is 0. The van der Waals surface area contributed by atoms with Crippen molar-refractivity contribution in [1.29, 1.82) is 0 Å². The second-order valence-electron chi connectivity index (χ2n) is 5.88. The van der Waals surface area contributed by atoms with Crippen LogP contribution in [0.2, 0.25) is 0 Å². The number of carbonyl (C=O) groups is 3. The lowest BCUT2D eigenvalue weighted by Gasteiger charge is -2.31. The Balaban J connectivity index is 1.64. The molecule has 0 N–H and O–H groups in total. The molecule has 122 valence electrons. The Morgan fingerprint density at radius 3 is 2.35 bits per heavy atom. The number of imide groups is 1. The van der Waals surface area contributed by atoms with Gasteiger partial charge in [0.1, 0.15) is 6.10 Å². The van der Waals surface area contributed by atoms with Crippen molar-refractivity contribution in [3.8, 4) is 0 Å². The average Bonchev–Trinajstić information content (AvgIpc) is 2.88. The van der Waals surface area contributed by atoms with Crippen LogP contribution in [0.5, 0.6) is 0 Å². The van der Waals surface area contributed by atoms with Crippen molar-refractivity contribution in [3.05, 3.63) is 35.9 Å². The molecule has 6 heteroatoms. The second kappa shape index (κ2) is 6.81. The molecule has 1 heterocycles. The lowest BCUT2D eigenvalue weighted by Crippen LogP contribution is -2.35. The number of nitrogens with zero attached hydrogens (tertiary/aromatic N) is 1. The fourth-order valence-corrected chi connectivity index (χ4v) is 3.20. The Kier molecular flexibility index (Phi) is 4.60. The predicted molar refractivity (Wildman–Crippen MR) is 80.1 cm³/mol. The molecule has 2 atom stereocenters. The molecule has 1 aromatic carbocycles. The molecular weight excluding hydrogens is 298 g/mol. The molecule has 0 spiro atoms. The van der Waals surface area contributed by atoms with Crippen LogP contribution >= 0.6 is 0 Å². The molecule has 1 aromatic rings. The topological polar surface area (TPSA) is 72.9 Å². The fraction of sp³-hybridized carbons (Fsp3) is 0.471. The lowest BCUT2D eigenvalue weighted by atomic mass is 9.81. The highest BCUT2D eigenvalue weighted by Gasteiger charge is 2.35. The Morgan fingerprint density at radius 1 is 1.00 bits per heavy atom. The first-order valence-corrected chi connectivity index (χ1v) is 7.94. The number of hydroxylamine groups is 2. The Labute approximate surface area is 134 Å². The first-order valence-electron chi connectivity index (χ1n) is 7.94. The van der Waals surface area contributed by atoms with E-state index in [0.29, 0.717) is 5.06 Å². The predicted octanol–water partition coefficient (Wildman–Crippen LogP) is 2.93. The van der Waals surface area contributed by atoms with E-state index in [1.807, 2.05) is 30.3 Å². The second-order valence-corrected chi connectivity index (χ2v) is 5.88. The molecule has 0 radical (unpaired) electrons. The molecular formula is C17H19NO5. The van der Waals surface area contributed by atoms with Crippen molar-refractivity contribution in [2.45, 2.75) is 50.5 Å². The minimum absolute atomic E-state index is 0.0716. The molecule has 23 heavy (non-hydrogen) atoms. The van der Waals surface area contributed by atoms with Gasteiger partial charge in [0.05, 0.1) is 0 Å². The number of rotatable bonds is 3. The van der Waals surface area contributed by atoms with Gasteiger partial charge in [0.25, 0.3) is 11.8 Å². The van der Waals surface area contributed by atoms with Crippen molar-refractivity contribution in [1.82, 2.24) is 5.06 Å². The summed E-state index contributed by atoms with van der Waals surface area (Å²) < 4.78 is 5.41. The first kappa shape index (κ1) is 15.5. The van der Waals surface area contributed by atoms with Gasteiger partial charge in [-0.15, -0.1) is 0 Å². The maximum absolute atomic E-state index is 11.9. The van der Waals surface area contributed by atoms with Crippen LogP contribution in [-0.2, 0) is 19.2 Å². The minimum atomic E-state index is -0.985. The third-order valence-electron chi connectivity index (χ3n) is 4.35. The van der Waals surface area contributed by atoms with Crippen LogP contribution in [0, 0.1) is 0 Å². The zero-order chi connectivity index (χ0) is 16.2. The van der Waals surface area contributed by atoms with Crippen molar-refractivity contribution in [2.75, 3.05) is 0 Å². The first-order chi connectivity index (χ1) is 11.1. The summed E-state index contributed by atoms with van der Waals surface area (Å²) in [5.41, 5.74) is 1.12. The van der Waals surface area contributed by atoms with E-state index in [-0.39, 0.29) is 24.9 Å². The number of ether oxygens (including phenoxy) is 1. The number of amides is 2. The molecule has 1 aliphatic carbocycles. The van der Waals surface area contributed by atoms with Crippen LogP contribution in [-0.4, -0.2) is 29.1 Å². The van der Waals surface area contributed by atoms with E-state index in [1.54, 1.807) is 0 Å². The van der Waals surface area contributed by atoms with E-state index in [1.165, 1.54) is 0 Å². The Bertz CT molecular complexity index is 584. The zero-order valence-electron chi connectivity index (χ0n) is 12.8. The van der Waals surface area contributed by atoms with Gasteiger partial charge in [0, 0.05) is 18.8 Å². The van der Waals surface area contributed by atoms with Crippen molar-refractivity contribution in [2.24, 2.45) is 0 Å². The standard InChI is InChI=1S/C17H19NO5/c19-15-10-11-16(20)18(15)23-17(21)22-14-9-5-4-8-13(14)12-6-2-1-3-7-12/h1-3,6-7,13-14H,4-5,8-11H2/t13-,14+/m0/s1. The molecule has 0 unspecified atom stereocenters. The van der Waals surface area contributed by atoms with Gasteiger partial charge in [-0.05, 0) is 24.8 Å². The van der Waals surface area contributed by atoms with Gasteiger partial charge in [-0.3, -0.25) is 14.4 Å². The number of hydrogen-bond acceptors (Lipinski definition) is 5. The molecule has 3 rings (SSSR count). The summed E-state index contributed by atoms with van der Waals surface area (Å²) in [5, 5.41) is 0.517. The van der Waals surface area contributed by atoms with E-state index >= 15 is 0 Å². The molecule has 0 bridgehead atoms. The van der Waals surface area contributed by atoms with Crippen LogP contribution in [0.25, 0.3) is 0 Å². The van der Waals surface area contributed by atoms with Gasteiger partial charge in [0.2, 0.25) is 0 Å². The Morgan fingerprint density at radius 2 is 1.65 bits per heavy atom. The highest BCUT2D eigenvalue weighted by Crippen LogP contribution is 2.35. The summed E-state index contributed by atoms with van der Waals surface area (Å²) in [4.78, 5) is 39.7. The highest BCUT2D eigenvalue weighted by atomic mass is 16.8. The third kappa shape index (κ3) is 3.52. The normalized spacial score (nSPS) is 24.6. The van der Waals surface area contributed by atoms with E-state index < -0.39 is 18.0 Å². The van der Waals surface area contributed by atoms with Crippen LogP contribution in [0.4, 0.5) is 4.79 Å². The highest BCUT2D eigenvalue weighted by molar-refractivity contribution is 6.01.